The van der Waals surface area contributed by atoms with Crippen LogP contribution in [0.3, 0.4) is 0 Å². The number of unbranched alkanes of at least 4 members (excludes halogenated alkanes) is 2. The Hall–Kier alpha value is -2.20. The normalized spacial score (nSPS) is 11.9. The van der Waals surface area contributed by atoms with Crippen molar-refractivity contribution >= 4 is 21.8 Å². The van der Waals surface area contributed by atoms with Crippen molar-refractivity contribution in [1.82, 2.24) is 10.0 Å². The average molecular weight is 401 g/mol. The van der Waals surface area contributed by atoms with Crippen LogP contribution in [0.25, 0.3) is 0 Å². The molecule has 1 amide bonds. The van der Waals surface area contributed by atoms with Gasteiger partial charge < -0.3 is 10.1 Å². The van der Waals surface area contributed by atoms with E-state index in [2.05, 4.69) is 10.0 Å². The van der Waals surface area contributed by atoms with E-state index in [1.54, 1.807) is 27.7 Å². The van der Waals surface area contributed by atoms with Gasteiger partial charge in [0.25, 0.3) is 5.69 Å². The summed E-state index contributed by atoms with van der Waals surface area (Å²) >= 11 is 0. The first-order valence-corrected chi connectivity index (χ1v) is 10.1. The number of hydrogen-bond acceptors (Lipinski definition) is 6. The Balaban J connectivity index is 2.37. The lowest BCUT2D eigenvalue weighted by Gasteiger charge is -2.19. The number of hydrogen-bond donors (Lipinski definition) is 2. The summed E-state index contributed by atoms with van der Waals surface area (Å²) in [4.78, 5) is 21.7. The van der Waals surface area contributed by atoms with Crippen LogP contribution >= 0.6 is 0 Å². The van der Waals surface area contributed by atoms with Gasteiger partial charge in [-0.2, -0.15) is 0 Å². The molecule has 0 radical (unpaired) electrons. The fourth-order valence-corrected chi connectivity index (χ4v) is 3.27. The fraction of sp³-hybridized carbons (Fsp3) is 0.588. The van der Waals surface area contributed by atoms with E-state index in [0.717, 1.165) is 6.07 Å². The Kier molecular flexibility index (Phi) is 8.17. The molecule has 0 saturated carbocycles. The number of benzene rings is 1. The minimum Gasteiger partial charge on any atom is -0.444 e. The highest BCUT2D eigenvalue weighted by Gasteiger charge is 2.19. The van der Waals surface area contributed by atoms with Gasteiger partial charge in [-0.05, 0) is 46.6 Å². The molecule has 9 nitrogen and oxygen atoms in total. The van der Waals surface area contributed by atoms with Crippen LogP contribution in [-0.4, -0.2) is 38.1 Å². The third-order valence-corrected chi connectivity index (χ3v) is 4.96. The van der Waals surface area contributed by atoms with Gasteiger partial charge in [0.2, 0.25) is 10.0 Å². The molecule has 0 aromatic heterocycles. The number of rotatable bonds is 9. The third kappa shape index (κ3) is 8.35. The first kappa shape index (κ1) is 22.8. The maximum Gasteiger partial charge on any atom is 0.407 e. The maximum atomic E-state index is 12.2. The summed E-state index contributed by atoms with van der Waals surface area (Å²) in [7, 11) is -3.80. The lowest BCUT2D eigenvalue weighted by molar-refractivity contribution is -0.385. The average Bonchev–Trinajstić information content (AvgIpc) is 2.52. The van der Waals surface area contributed by atoms with Gasteiger partial charge in [-0.3, -0.25) is 10.1 Å². The van der Waals surface area contributed by atoms with Crippen LogP contribution in [0.5, 0.6) is 0 Å². The van der Waals surface area contributed by atoms with Crippen LogP contribution in [0.4, 0.5) is 10.5 Å². The smallest absolute Gasteiger partial charge is 0.407 e. The molecule has 0 aliphatic rings. The van der Waals surface area contributed by atoms with Gasteiger partial charge >= 0.3 is 6.09 Å². The highest BCUT2D eigenvalue weighted by atomic mass is 32.2. The van der Waals surface area contributed by atoms with Crippen molar-refractivity contribution in [1.29, 1.82) is 0 Å². The van der Waals surface area contributed by atoms with Crippen molar-refractivity contribution in [3.63, 3.8) is 0 Å². The molecule has 0 aliphatic heterocycles. The summed E-state index contributed by atoms with van der Waals surface area (Å²) in [6.45, 7) is 7.53. The number of aryl methyl sites for hydroxylation is 1. The van der Waals surface area contributed by atoms with Crippen LogP contribution in [0, 0.1) is 17.0 Å². The summed E-state index contributed by atoms with van der Waals surface area (Å²) in [5, 5.41) is 13.6. The van der Waals surface area contributed by atoms with Gasteiger partial charge in [0.15, 0.2) is 0 Å². The predicted octanol–water partition coefficient (Wildman–Crippen LogP) is 2.88. The Morgan fingerprint density at radius 3 is 2.41 bits per heavy atom. The molecular formula is C17H27N3O6S. The fourth-order valence-electron chi connectivity index (χ4n) is 2.17. The highest BCUT2D eigenvalue weighted by Crippen LogP contribution is 2.22. The maximum absolute atomic E-state index is 12.2. The molecule has 0 bridgehead atoms. The van der Waals surface area contributed by atoms with Crippen molar-refractivity contribution in [2.24, 2.45) is 0 Å². The number of nitro groups is 1. The van der Waals surface area contributed by atoms with Crippen LogP contribution in [0.2, 0.25) is 0 Å². The summed E-state index contributed by atoms with van der Waals surface area (Å²) in [5.74, 6) is 0. The minimum atomic E-state index is -3.80. The zero-order chi connectivity index (χ0) is 20.7. The van der Waals surface area contributed by atoms with Gasteiger partial charge in [-0.1, -0.05) is 12.5 Å². The number of nitrogens with one attached hydrogen (secondary N) is 2. The first-order valence-electron chi connectivity index (χ1n) is 8.64. The summed E-state index contributed by atoms with van der Waals surface area (Å²) < 4.78 is 32.0. The number of amides is 1. The second-order valence-corrected chi connectivity index (χ2v) is 8.86. The largest absolute Gasteiger partial charge is 0.444 e. The van der Waals surface area contributed by atoms with Gasteiger partial charge in [0, 0.05) is 24.7 Å². The summed E-state index contributed by atoms with van der Waals surface area (Å²) in [6, 6.07) is 3.81. The number of nitrogens with zero attached hydrogens (tertiary/aromatic N) is 1. The SMILES string of the molecule is Cc1ccc(S(=O)(=O)NCCCCCNC(=O)OC(C)(C)C)cc1[N+](=O)[O-]. The molecule has 0 unspecified atom stereocenters. The number of ether oxygens (including phenoxy) is 1. The second-order valence-electron chi connectivity index (χ2n) is 7.09. The summed E-state index contributed by atoms with van der Waals surface area (Å²) in [6.07, 6.45) is 1.47. The van der Waals surface area contributed by atoms with Crippen molar-refractivity contribution in [2.45, 2.75) is 57.5 Å². The van der Waals surface area contributed by atoms with E-state index >= 15 is 0 Å². The first-order chi connectivity index (χ1) is 12.4. The Morgan fingerprint density at radius 2 is 1.81 bits per heavy atom. The number of alkyl carbamates (subject to hydrolysis) is 1. The Bertz CT molecular complexity index is 771. The molecule has 152 valence electrons. The van der Waals surface area contributed by atoms with Crippen LogP contribution in [0.15, 0.2) is 23.1 Å². The predicted molar refractivity (Wildman–Crippen MR) is 101 cm³/mol. The third-order valence-electron chi connectivity index (χ3n) is 3.50. The van der Waals surface area contributed by atoms with E-state index in [-0.39, 0.29) is 17.1 Å². The highest BCUT2D eigenvalue weighted by molar-refractivity contribution is 7.89. The molecule has 27 heavy (non-hydrogen) atoms. The number of carbonyl (C=O) groups is 1. The molecule has 0 spiro atoms. The molecule has 0 aliphatic carbocycles. The van der Waals surface area contributed by atoms with Crippen molar-refractivity contribution in [2.75, 3.05) is 13.1 Å². The summed E-state index contributed by atoms with van der Waals surface area (Å²) in [5.41, 5.74) is -0.379. The lowest BCUT2D eigenvalue weighted by Crippen LogP contribution is -2.33. The monoisotopic (exact) mass is 401 g/mol. The standard InChI is InChI=1S/C17H27N3O6S/c1-13-8-9-14(12-15(13)20(22)23)27(24,25)19-11-7-5-6-10-18-16(21)26-17(2,3)4/h8-9,12,19H,5-7,10-11H2,1-4H3,(H,18,21). The van der Waals surface area contributed by atoms with E-state index in [4.69, 9.17) is 4.74 Å². The van der Waals surface area contributed by atoms with Crippen LogP contribution in [-0.2, 0) is 14.8 Å². The molecule has 10 heteroatoms. The zero-order valence-corrected chi connectivity index (χ0v) is 16.9. The molecule has 1 aromatic carbocycles. The second kappa shape index (κ2) is 9.65. The molecule has 2 N–H and O–H groups in total. The minimum absolute atomic E-state index is 0.133. The van der Waals surface area contributed by atoms with Crippen molar-refractivity contribution in [3.05, 3.63) is 33.9 Å². The van der Waals surface area contributed by atoms with Crippen molar-refractivity contribution in [3.8, 4) is 0 Å². The van der Waals surface area contributed by atoms with Gasteiger partial charge in [-0.15, -0.1) is 0 Å². The molecule has 0 heterocycles. The Morgan fingerprint density at radius 1 is 1.19 bits per heavy atom. The van der Waals surface area contributed by atoms with E-state index in [0.29, 0.717) is 31.4 Å². The van der Waals surface area contributed by atoms with Gasteiger partial charge in [-0.25, -0.2) is 17.9 Å². The lowest BCUT2D eigenvalue weighted by atomic mass is 10.2. The van der Waals surface area contributed by atoms with Gasteiger partial charge in [0.1, 0.15) is 5.60 Å². The molecular weight excluding hydrogens is 374 g/mol. The van der Waals surface area contributed by atoms with E-state index in [9.17, 15) is 23.3 Å². The van der Waals surface area contributed by atoms with Gasteiger partial charge in [0.05, 0.1) is 9.82 Å². The molecule has 0 atom stereocenters. The van der Waals surface area contributed by atoms with E-state index in [1.165, 1.54) is 12.1 Å². The number of sulfonamides is 1. The van der Waals surface area contributed by atoms with Crippen LogP contribution < -0.4 is 10.0 Å². The van der Waals surface area contributed by atoms with E-state index < -0.39 is 26.6 Å². The van der Waals surface area contributed by atoms with Crippen LogP contribution in [0.1, 0.15) is 45.6 Å². The molecule has 0 fully saturated rings. The van der Waals surface area contributed by atoms with Crippen molar-refractivity contribution < 1.29 is 22.9 Å². The number of carbonyl (C=O) groups excluding carboxylic acids is 1. The quantitative estimate of drug-likeness (QED) is 0.372. The van der Waals surface area contributed by atoms with E-state index in [1.807, 2.05) is 0 Å². The molecule has 1 rings (SSSR count). The molecule has 1 aromatic rings. The Labute approximate surface area is 159 Å². The topological polar surface area (TPSA) is 128 Å². The molecule has 0 saturated heterocycles. The number of nitro benzene ring substituents is 1. The zero-order valence-electron chi connectivity index (χ0n) is 16.1.